The number of hydrogen-bond donors (Lipinski definition) is 1. The molecule has 0 bridgehead atoms. The van der Waals surface area contributed by atoms with Crippen molar-refractivity contribution < 1.29 is 9.59 Å². The first-order valence-corrected chi connectivity index (χ1v) is 5.67. The van der Waals surface area contributed by atoms with Gasteiger partial charge in [0.2, 0.25) is 6.41 Å². The fourth-order valence-corrected chi connectivity index (χ4v) is 1.84. The van der Waals surface area contributed by atoms with Crippen LogP contribution in [0.1, 0.15) is 21.5 Å². The first kappa shape index (κ1) is 12.0. The van der Waals surface area contributed by atoms with Crippen molar-refractivity contribution in [2.45, 2.75) is 6.42 Å². The Bertz CT molecular complexity index is 549. The van der Waals surface area contributed by atoms with Gasteiger partial charge in [-0.2, -0.15) is 0 Å². The van der Waals surface area contributed by atoms with Gasteiger partial charge in [0, 0.05) is 5.56 Å². The largest absolute Gasteiger partial charge is 0.295 e. The lowest BCUT2D eigenvalue weighted by Crippen LogP contribution is -2.22. The average molecular weight is 239 g/mol. The summed E-state index contributed by atoms with van der Waals surface area (Å²) in [5.41, 5.74) is 2.57. The van der Waals surface area contributed by atoms with Crippen LogP contribution in [0, 0.1) is 0 Å². The molecule has 0 saturated heterocycles. The van der Waals surface area contributed by atoms with E-state index in [4.69, 9.17) is 0 Å². The van der Waals surface area contributed by atoms with Crippen LogP contribution < -0.4 is 5.32 Å². The number of imide groups is 1. The second-order valence-electron chi connectivity index (χ2n) is 3.91. The lowest BCUT2D eigenvalue weighted by Gasteiger charge is -2.07. The van der Waals surface area contributed by atoms with Crippen LogP contribution in [-0.4, -0.2) is 12.3 Å². The number of nitrogens with one attached hydrogen (secondary N) is 1. The molecular formula is C15H13NO2. The van der Waals surface area contributed by atoms with Crippen molar-refractivity contribution >= 4 is 12.3 Å². The summed E-state index contributed by atoms with van der Waals surface area (Å²) < 4.78 is 0. The third kappa shape index (κ3) is 2.83. The smallest absolute Gasteiger partial charge is 0.257 e. The molecule has 3 nitrogen and oxygen atoms in total. The van der Waals surface area contributed by atoms with Gasteiger partial charge in [-0.25, -0.2) is 0 Å². The molecule has 0 aromatic heterocycles. The highest BCUT2D eigenvalue weighted by atomic mass is 16.2. The van der Waals surface area contributed by atoms with E-state index in [1.54, 1.807) is 12.1 Å². The highest BCUT2D eigenvalue weighted by Crippen LogP contribution is 2.14. The second-order valence-corrected chi connectivity index (χ2v) is 3.91. The van der Waals surface area contributed by atoms with Crippen LogP contribution in [-0.2, 0) is 11.2 Å². The van der Waals surface area contributed by atoms with Gasteiger partial charge in [-0.05, 0) is 23.6 Å². The van der Waals surface area contributed by atoms with E-state index in [0.717, 1.165) is 11.1 Å². The molecule has 0 aliphatic carbocycles. The molecule has 0 atom stereocenters. The third-order valence-corrected chi connectivity index (χ3v) is 2.69. The molecule has 18 heavy (non-hydrogen) atoms. The van der Waals surface area contributed by atoms with Crippen molar-refractivity contribution in [2.75, 3.05) is 0 Å². The predicted octanol–water partition coefficient (Wildman–Crippen LogP) is 2.16. The van der Waals surface area contributed by atoms with Crippen LogP contribution in [0.3, 0.4) is 0 Å². The van der Waals surface area contributed by atoms with Gasteiger partial charge in [0.25, 0.3) is 5.91 Å². The Morgan fingerprint density at radius 2 is 1.67 bits per heavy atom. The monoisotopic (exact) mass is 239 g/mol. The van der Waals surface area contributed by atoms with Gasteiger partial charge in [-0.1, -0.05) is 48.5 Å². The predicted molar refractivity (Wildman–Crippen MR) is 69.2 cm³/mol. The molecule has 2 rings (SSSR count). The molecule has 0 fully saturated rings. The summed E-state index contributed by atoms with van der Waals surface area (Å²) in [6, 6.07) is 17.2. The molecule has 3 heteroatoms. The lowest BCUT2D eigenvalue weighted by atomic mass is 9.99. The van der Waals surface area contributed by atoms with Gasteiger partial charge < -0.3 is 0 Å². The van der Waals surface area contributed by atoms with Crippen molar-refractivity contribution in [2.24, 2.45) is 0 Å². The molecule has 0 unspecified atom stereocenters. The molecule has 1 N–H and O–H groups in total. The maximum absolute atomic E-state index is 11.7. The maximum Gasteiger partial charge on any atom is 0.257 e. The topological polar surface area (TPSA) is 46.2 Å². The Labute approximate surface area is 105 Å². The van der Waals surface area contributed by atoms with E-state index in [0.29, 0.717) is 18.4 Å². The van der Waals surface area contributed by atoms with Gasteiger partial charge >= 0.3 is 0 Å². The van der Waals surface area contributed by atoms with Crippen LogP contribution in [0.5, 0.6) is 0 Å². The Morgan fingerprint density at radius 1 is 1.00 bits per heavy atom. The van der Waals surface area contributed by atoms with Gasteiger partial charge in [0.15, 0.2) is 0 Å². The molecule has 2 aromatic carbocycles. The highest BCUT2D eigenvalue weighted by molar-refractivity contribution is 6.00. The molecule has 0 saturated carbocycles. The molecule has 90 valence electrons. The number of carbonyl (C=O) groups is 2. The summed E-state index contributed by atoms with van der Waals surface area (Å²) in [5.74, 6) is -0.364. The zero-order valence-electron chi connectivity index (χ0n) is 9.80. The normalized spacial score (nSPS) is 9.78. The van der Waals surface area contributed by atoms with E-state index >= 15 is 0 Å². The zero-order valence-corrected chi connectivity index (χ0v) is 9.80. The molecule has 2 aromatic rings. The first-order chi connectivity index (χ1) is 8.81. The van der Waals surface area contributed by atoms with E-state index in [1.807, 2.05) is 42.5 Å². The van der Waals surface area contributed by atoms with Crippen LogP contribution in [0.15, 0.2) is 54.6 Å². The van der Waals surface area contributed by atoms with Gasteiger partial charge in [-0.3, -0.25) is 14.9 Å². The summed E-state index contributed by atoms with van der Waals surface area (Å²) >= 11 is 0. The van der Waals surface area contributed by atoms with Crippen molar-refractivity contribution in [1.82, 2.24) is 5.32 Å². The average Bonchev–Trinajstić information content (AvgIpc) is 2.41. The van der Waals surface area contributed by atoms with Gasteiger partial charge in [-0.15, -0.1) is 0 Å². The fourth-order valence-electron chi connectivity index (χ4n) is 1.84. The summed E-state index contributed by atoms with van der Waals surface area (Å²) in [6.07, 6.45) is 1.07. The van der Waals surface area contributed by atoms with Crippen molar-refractivity contribution in [3.63, 3.8) is 0 Å². The van der Waals surface area contributed by atoms with Crippen LogP contribution >= 0.6 is 0 Å². The molecule has 0 spiro atoms. The summed E-state index contributed by atoms with van der Waals surface area (Å²) in [4.78, 5) is 22.0. The van der Waals surface area contributed by atoms with E-state index < -0.39 is 0 Å². The number of rotatable bonds is 4. The second kappa shape index (κ2) is 5.77. The minimum absolute atomic E-state index is 0.364. The lowest BCUT2D eigenvalue weighted by molar-refractivity contribution is -0.108. The molecule has 0 aliphatic heterocycles. The van der Waals surface area contributed by atoms with E-state index in [9.17, 15) is 9.59 Å². The molecule has 0 aliphatic rings. The number of carbonyl (C=O) groups excluding carboxylic acids is 2. The minimum Gasteiger partial charge on any atom is -0.295 e. The number of hydrogen-bond acceptors (Lipinski definition) is 2. The Balaban J connectivity index is 2.28. The quantitative estimate of drug-likeness (QED) is 0.831. The van der Waals surface area contributed by atoms with Gasteiger partial charge in [0.1, 0.15) is 0 Å². The molecular weight excluding hydrogens is 226 g/mol. The zero-order chi connectivity index (χ0) is 12.8. The first-order valence-electron chi connectivity index (χ1n) is 5.67. The van der Waals surface area contributed by atoms with Crippen LogP contribution in [0.25, 0.3) is 0 Å². The molecule has 2 amide bonds. The van der Waals surface area contributed by atoms with E-state index in [1.165, 1.54) is 0 Å². The Kier molecular flexibility index (Phi) is 3.86. The van der Waals surface area contributed by atoms with Crippen molar-refractivity contribution in [3.05, 3.63) is 71.3 Å². The standard InChI is InChI=1S/C15H13NO2/c17-11-16-15(18)14-9-5-4-8-13(14)10-12-6-2-1-3-7-12/h1-9,11H,10H2,(H,16,17,18). The Morgan fingerprint density at radius 3 is 2.39 bits per heavy atom. The summed E-state index contributed by atoms with van der Waals surface area (Å²) in [6.45, 7) is 0. The number of amides is 2. The maximum atomic E-state index is 11.7. The third-order valence-electron chi connectivity index (χ3n) is 2.69. The minimum atomic E-state index is -0.364. The van der Waals surface area contributed by atoms with E-state index in [-0.39, 0.29) is 5.91 Å². The highest BCUT2D eigenvalue weighted by Gasteiger charge is 2.10. The van der Waals surface area contributed by atoms with Crippen LogP contribution in [0.4, 0.5) is 0 Å². The number of benzene rings is 2. The molecule has 0 radical (unpaired) electrons. The Hall–Kier alpha value is -2.42. The van der Waals surface area contributed by atoms with Crippen molar-refractivity contribution in [3.8, 4) is 0 Å². The van der Waals surface area contributed by atoms with Crippen LogP contribution in [0.2, 0.25) is 0 Å². The summed E-state index contributed by atoms with van der Waals surface area (Å²) in [5, 5.41) is 2.17. The summed E-state index contributed by atoms with van der Waals surface area (Å²) in [7, 11) is 0. The molecule has 0 heterocycles. The SMILES string of the molecule is O=CNC(=O)c1ccccc1Cc1ccccc1. The van der Waals surface area contributed by atoms with Gasteiger partial charge in [0.05, 0.1) is 0 Å². The van der Waals surface area contributed by atoms with E-state index in [2.05, 4.69) is 5.32 Å². The fraction of sp³-hybridized carbons (Fsp3) is 0.0667. The van der Waals surface area contributed by atoms with Crippen molar-refractivity contribution in [1.29, 1.82) is 0 Å².